The summed E-state index contributed by atoms with van der Waals surface area (Å²) in [4.78, 5) is 23.3. The van der Waals surface area contributed by atoms with Gasteiger partial charge >= 0.3 is 11.9 Å². The third kappa shape index (κ3) is 6.24. The van der Waals surface area contributed by atoms with Crippen LogP contribution in [0.2, 0.25) is 0 Å². The van der Waals surface area contributed by atoms with Crippen LogP contribution in [0.1, 0.15) is 106 Å². The van der Waals surface area contributed by atoms with Crippen molar-refractivity contribution in [2.75, 3.05) is 0 Å². The van der Waals surface area contributed by atoms with Crippen LogP contribution in [0, 0.1) is 23.7 Å². The molecule has 0 aromatic heterocycles. The molecule has 0 aromatic carbocycles. The highest BCUT2D eigenvalue weighted by Crippen LogP contribution is 2.43. The zero-order valence-electron chi connectivity index (χ0n) is 26.7. The highest BCUT2D eigenvalue weighted by atomic mass is 16.4. The summed E-state index contributed by atoms with van der Waals surface area (Å²) in [6, 6.07) is 2.51. The molecule has 12 unspecified atom stereocenters. The maximum absolute atomic E-state index is 11.6. The number of carboxylic acids is 2. The van der Waals surface area contributed by atoms with E-state index in [9.17, 15) is 19.8 Å². The van der Waals surface area contributed by atoms with E-state index in [1.165, 1.54) is 11.1 Å². The van der Waals surface area contributed by atoms with Crippen LogP contribution in [-0.4, -0.2) is 70.5 Å². The molecule has 8 bridgehead atoms. The Morgan fingerprint density at radius 1 is 0.619 bits per heavy atom. The molecule has 6 N–H and O–H groups in total. The molecule has 12 atom stereocenters. The van der Waals surface area contributed by atoms with Crippen LogP contribution in [0.4, 0.5) is 0 Å². The van der Waals surface area contributed by atoms with E-state index in [-0.39, 0.29) is 24.9 Å². The summed E-state index contributed by atoms with van der Waals surface area (Å²) < 4.78 is 0. The molecule has 3 fully saturated rings. The van der Waals surface area contributed by atoms with Crippen LogP contribution in [-0.2, 0) is 9.59 Å². The summed E-state index contributed by atoms with van der Waals surface area (Å²) in [6.45, 7) is 13.9. The highest BCUT2D eigenvalue weighted by molar-refractivity contribution is 5.67. The first-order valence-electron chi connectivity index (χ1n) is 16.9. The third-order valence-electron chi connectivity index (χ3n) is 12.3. The van der Waals surface area contributed by atoms with Gasteiger partial charge in [-0.2, -0.15) is 0 Å². The minimum Gasteiger partial charge on any atom is -0.481 e. The smallest absolute Gasteiger partial charge is 0.303 e. The fraction of sp³-hybridized carbons (Fsp3) is 0.824. The van der Waals surface area contributed by atoms with Gasteiger partial charge in [0.05, 0.1) is 0 Å². The van der Waals surface area contributed by atoms with Gasteiger partial charge in [-0.1, -0.05) is 50.0 Å². The lowest BCUT2D eigenvalue weighted by molar-refractivity contribution is -0.138. The van der Waals surface area contributed by atoms with Gasteiger partial charge in [-0.25, -0.2) is 0 Å². The molecule has 3 saturated heterocycles. The van der Waals surface area contributed by atoms with Gasteiger partial charge in [-0.05, 0) is 88.9 Å². The van der Waals surface area contributed by atoms with Crippen molar-refractivity contribution in [2.45, 2.75) is 154 Å². The summed E-state index contributed by atoms with van der Waals surface area (Å²) in [5.74, 6) is -0.101. The minimum absolute atomic E-state index is 0.197. The monoisotopic (exact) mass is 584 g/mol. The van der Waals surface area contributed by atoms with Crippen molar-refractivity contribution in [1.29, 1.82) is 0 Å². The summed E-state index contributed by atoms with van der Waals surface area (Å²) in [5.41, 5.74) is 6.15. The largest absolute Gasteiger partial charge is 0.481 e. The second kappa shape index (κ2) is 13.1. The first-order valence-corrected chi connectivity index (χ1v) is 16.9. The molecular formula is C34H56N4O4. The van der Waals surface area contributed by atoms with Crippen molar-refractivity contribution in [1.82, 2.24) is 21.3 Å². The van der Waals surface area contributed by atoms with Crippen molar-refractivity contribution in [3.05, 3.63) is 22.3 Å². The fourth-order valence-electron chi connectivity index (χ4n) is 9.90. The van der Waals surface area contributed by atoms with Gasteiger partial charge in [0.25, 0.3) is 0 Å². The maximum atomic E-state index is 11.6. The highest BCUT2D eigenvalue weighted by Gasteiger charge is 2.48. The van der Waals surface area contributed by atoms with Crippen LogP contribution in [0.3, 0.4) is 0 Å². The molecule has 5 aliphatic rings. The van der Waals surface area contributed by atoms with E-state index in [1.54, 1.807) is 11.1 Å². The maximum Gasteiger partial charge on any atom is 0.303 e. The van der Waals surface area contributed by atoms with Gasteiger partial charge in [0.1, 0.15) is 0 Å². The number of carboxylic acid groups (broad SMARTS) is 2. The lowest BCUT2D eigenvalue weighted by Gasteiger charge is -2.28. The Morgan fingerprint density at radius 2 is 1.02 bits per heavy atom. The summed E-state index contributed by atoms with van der Waals surface area (Å²) in [6.07, 6.45) is 7.91. The van der Waals surface area contributed by atoms with Gasteiger partial charge in [-0.3, -0.25) is 9.59 Å². The molecule has 0 aromatic rings. The van der Waals surface area contributed by atoms with Gasteiger partial charge in [-0.15, -0.1) is 0 Å². The molecule has 42 heavy (non-hydrogen) atoms. The van der Waals surface area contributed by atoms with Crippen LogP contribution < -0.4 is 21.3 Å². The standard InChI is InChI=1S/C34H56N4O4/c1-7-21-17(3)25-13-26-19(5)23(9-11-33(39)40)31(37-26)16-32-24(10-12-34(41)42)20(6)28(38-32)15-30-22(8-2)18(4)27(36-30)14-29(21)35-25/h19-20,23-32,35-38H,7-16H2,1-6H3,(H,39,40)(H,41,42). The Hall–Kier alpha value is -1.74. The average molecular weight is 585 g/mol. The normalized spacial score (nSPS) is 42.0. The predicted molar refractivity (Wildman–Crippen MR) is 166 cm³/mol. The van der Waals surface area contributed by atoms with Crippen molar-refractivity contribution < 1.29 is 19.8 Å². The first-order chi connectivity index (χ1) is 20.0. The first kappa shape index (κ1) is 31.7. The average Bonchev–Trinajstić information content (AvgIpc) is 3.59. The Labute approximate surface area is 252 Å². The predicted octanol–water partition coefficient (Wildman–Crippen LogP) is 4.61. The summed E-state index contributed by atoms with van der Waals surface area (Å²) in [7, 11) is 0. The summed E-state index contributed by atoms with van der Waals surface area (Å²) >= 11 is 0. The zero-order valence-corrected chi connectivity index (χ0v) is 26.7. The molecule has 0 spiro atoms. The van der Waals surface area contributed by atoms with E-state index in [1.807, 2.05) is 0 Å². The van der Waals surface area contributed by atoms with E-state index in [4.69, 9.17) is 0 Å². The van der Waals surface area contributed by atoms with Crippen LogP contribution in [0.25, 0.3) is 0 Å². The molecular weight excluding hydrogens is 528 g/mol. The zero-order chi connectivity index (χ0) is 30.3. The van der Waals surface area contributed by atoms with Crippen molar-refractivity contribution in [3.63, 3.8) is 0 Å². The lowest BCUT2D eigenvalue weighted by atomic mass is 9.78. The SMILES string of the molecule is CCC1=C(C)C2CC3NC(CC4NC(CC5NC(CC1N2)C(C)=C5CC)C(C)C4CCC(=O)O)C(CCC(=O)O)C3C. The topological polar surface area (TPSA) is 123 Å². The Balaban J connectivity index is 1.49. The van der Waals surface area contributed by atoms with Crippen LogP contribution in [0.5, 0.6) is 0 Å². The number of rotatable bonds is 8. The number of hydrogen-bond donors (Lipinski definition) is 6. The van der Waals surface area contributed by atoms with Crippen LogP contribution >= 0.6 is 0 Å². The second-order valence-corrected chi connectivity index (χ2v) is 14.3. The Morgan fingerprint density at radius 3 is 1.45 bits per heavy atom. The Bertz CT molecular complexity index is 1090. The van der Waals surface area contributed by atoms with Crippen molar-refractivity contribution in [2.24, 2.45) is 23.7 Å². The van der Waals surface area contributed by atoms with Crippen molar-refractivity contribution >= 4 is 11.9 Å². The number of carbonyl (C=O) groups is 2. The second-order valence-electron chi connectivity index (χ2n) is 14.3. The van der Waals surface area contributed by atoms with E-state index in [0.29, 0.717) is 72.8 Å². The minimum atomic E-state index is -0.723. The van der Waals surface area contributed by atoms with Gasteiger partial charge < -0.3 is 31.5 Å². The molecule has 236 valence electrons. The molecule has 0 saturated carbocycles. The number of nitrogens with one attached hydrogen (secondary N) is 4. The lowest BCUT2D eigenvalue weighted by Crippen LogP contribution is -2.46. The molecule has 0 amide bonds. The number of fused-ring (bicyclic) bond motifs is 8. The summed E-state index contributed by atoms with van der Waals surface area (Å²) in [5, 5.41) is 35.3. The molecule has 0 radical (unpaired) electrons. The van der Waals surface area contributed by atoms with E-state index >= 15 is 0 Å². The van der Waals surface area contributed by atoms with Crippen molar-refractivity contribution in [3.8, 4) is 0 Å². The Kier molecular flexibility index (Phi) is 9.87. The molecule has 5 aliphatic heterocycles. The van der Waals surface area contributed by atoms with Gasteiger partial charge in [0, 0.05) is 61.2 Å². The van der Waals surface area contributed by atoms with Gasteiger partial charge in [0.2, 0.25) is 0 Å². The molecule has 5 rings (SSSR count). The van der Waals surface area contributed by atoms with Gasteiger partial charge in [0.15, 0.2) is 0 Å². The molecule has 8 heteroatoms. The van der Waals surface area contributed by atoms with E-state index < -0.39 is 11.9 Å². The van der Waals surface area contributed by atoms with E-state index in [2.05, 4.69) is 62.8 Å². The number of aliphatic carboxylic acids is 2. The molecule has 0 aliphatic carbocycles. The third-order valence-corrected chi connectivity index (χ3v) is 12.3. The molecule has 5 heterocycles. The number of hydrogen-bond acceptors (Lipinski definition) is 6. The molecule has 8 nitrogen and oxygen atoms in total. The quantitative estimate of drug-likeness (QED) is 0.229. The van der Waals surface area contributed by atoms with Crippen LogP contribution in [0.15, 0.2) is 22.3 Å². The fourth-order valence-corrected chi connectivity index (χ4v) is 9.90. The van der Waals surface area contributed by atoms with E-state index in [0.717, 1.165) is 38.5 Å².